The summed E-state index contributed by atoms with van der Waals surface area (Å²) in [5, 5.41) is 10.3. The van der Waals surface area contributed by atoms with Gasteiger partial charge in [-0.1, -0.05) is 0 Å². The number of hydrogen-bond donors (Lipinski definition) is 3. The van der Waals surface area contributed by atoms with Gasteiger partial charge in [0.2, 0.25) is 5.89 Å². The van der Waals surface area contributed by atoms with E-state index in [1.807, 2.05) is 6.07 Å². The molecule has 0 spiro atoms. The van der Waals surface area contributed by atoms with Crippen molar-refractivity contribution >= 4 is 23.3 Å². The summed E-state index contributed by atoms with van der Waals surface area (Å²) < 4.78 is 12.7. The third kappa shape index (κ3) is 4.63. The first kappa shape index (κ1) is 22.0. The lowest BCUT2D eigenvalue weighted by atomic mass is 10.1. The molecule has 3 aromatic rings. The summed E-state index contributed by atoms with van der Waals surface area (Å²) in [6.07, 6.45) is 6.35. The molecule has 5 rings (SSSR count). The number of pyridine rings is 1. The van der Waals surface area contributed by atoms with Crippen molar-refractivity contribution in [3.05, 3.63) is 42.2 Å². The lowest BCUT2D eigenvalue weighted by Gasteiger charge is -2.27. The number of carbonyl (C=O) groups excluding carboxylic acids is 2. The first-order valence-corrected chi connectivity index (χ1v) is 11.2. The summed E-state index contributed by atoms with van der Waals surface area (Å²) in [5.74, 6) is -0.148. The van der Waals surface area contributed by atoms with Gasteiger partial charge in [0.25, 0.3) is 11.8 Å². The van der Waals surface area contributed by atoms with Crippen LogP contribution in [-0.4, -0.2) is 71.0 Å². The average Bonchev–Trinajstić information content (AvgIpc) is 3.53. The number of amides is 2. The van der Waals surface area contributed by atoms with Crippen LogP contribution in [0.25, 0.3) is 11.5 Å². The van der Waals surface area contributed by atoms with Gasteiger partial charge in [-0.05, 0) is 38.1 Å². The Labute approximate surface area is 195 Å². The molecule has 0 saturated carbocycles. The minimum atomic E-state index is -0.712. The Balaban J connectivity index is 1.33. The lowest BCUT2D eigenvalue weighted by Crippen LogP contribution is -2.36. The van der Waals surface area contributed by atoms with Gasteiger partial charge in [0.05, 0.1) is 24.9 Å². The number of anilines is 2. The van der Waals surface area contributed by atoms with Crippen LogP contribution >= 0.6 is 0 Å². The fourth-order valence-corrected chi connectivity index (χ4v) is 4.14. The zero-order valence-corrected chi connectivity index (χ0v) is 18.6. The second kappa shape index (κ2) is 9.61. The minimum absolute atomic E-state index is 0.0138. The highest BCUT2D eigenvalue weighted by Gasteiger charge is 2.23. The maximum Gasteiger partial charge on any atom is 0.277 e. The van der Waals surface area contributed by atoms with Crippen LogP contribution in [0.15, 0.2) is 35.2 Å². The number of hydrogen-bond acceptors (Lipinski definition) is 9. The molecular weight excluding hydrogens is 440 g/mol. The molecule has 2 aliphatic heterocycles. The van der Waals surface area contributed by atoms with Crippen molar-refractivity contribution in [3.8, 4) is 11.5 Å². The van der Waals surface area contributed by atoms with Crippen LogP contribution in [0.4, 0.5) is 11.5 Å². The molecule has 5 heterocycles. The van der Waals surface area contributed by atoms with E-state index in [4.69, 9.17) is 14.9 Å². The van der Waals surface area contributed by atoms with Crippen LogP contribution < -0.4 is 21.3 Å². The number of nitrogens with zero attached hydrogens (tertiary/aromatic N) is 5. The van der Waals surface area contributed by atoms with Gasteiger partial charge >= 0.3 is 0 Å². The molecule has 12 heteroatoms. The molecule has 0 aliphatic carbocycles. The standard InChI is InChI=1S/C22H26N8O4/c23-20(31)19-16(12-30(28-19)15-2-4-24-5-3-15)26-21(32)17-13-34-22(27-17)14-1-6-25-18(11-14)29-7-9-33-10-8-29/h1,6,11-13,15,24H,2-5,7-10H2,(H2,23,31)(H,26,32). The van der Waals surface area contributed by atoms with E-state index in [1.165, 1.54) is 6.26 Å². The molecule has 2 saturated heterocycles. The van der Waals surface area contributed by atoms with E-state index in [-0.39, 0.29) is 23.1 Å². The molecule has 3 aromatic heterocycles. The SMILES string of the molecule is NC(=O)c1nn(C2CCNCC2)cc1NC(=O)c1coc(-c2ccnc(N3CCOCC3)c2)n1. The summed E-state index contributed by atoms with van der Waals surface area (Å²) >= 11 is 0. The van der Waals surface area contributed by atoms with Crippen molar-refractivity contribution in [2.45, 2.75) is 18.9 Å². The first-order valence-electron chi connectivity index (χ1n) is 11.2. The van der Waals surface area contributed by atoms with E-state index in [1.54, 1.807) is 23.1 Å². The molecule has 34 heavy (non-hydrogen) atoms. The highest BCUT2D eigenvalue weighted by molar-refractivity contribution is 6.07. The highest BCUT2D eigenvalue weighted by atomic mass is 16.5. The van der Waals surface area contributed by atoms with Crippen molar-refractivity contribution in [1.29, 1.82) is 0 Å². The monoisotopic (exact) mass is 466 g/mol. The summed E-state index contributed by atoms with van der Waals surface area (Å²) in [4.78, 5) is 35.7. The number of primary amides is 1. The number of ether oxygens (including phenoxy) is 1. The zero-order valence-electron chi connectivity index (χ0n) is 18.6. The largest absolute Gasteiger partial charge is 0.444 e. The van der Waals surface area contributed by atoms with Crippen LogP contribution in [0.5, 0.6) is 0 Å². The molecule has 0 bridgehead atoms. The van der Waals surface area contributed by atoms with Crippen molar-refractivity contribution in [3.63, 3.8) is 0 Å². The molecule has 0 unspecified atom stereocenters. The Morgan fingerprint density at radius 1 is 1.21 bits per heavy atom. The number of aromatic nitrogens is 4. The van der Waals surface area contributed by atoms with Crippen LogP contribution in [0.3, 0.4) is 0 Å². The van der Waals surface area contributed by atoms with Crippen LogP contribution in [0.1, 0.15) is 39.9 Å². The Kier molecular flexibility index (Phi) is 6.23. The smallest absolute Gasteiger partial charge is 0.277 e. The fourth-order valence-electron chi connectivity index (χ4n) is 4.14. The van der Waals surface area contributed by atoms with Gasteiger partial charge in [0.15, 0.2) is 11.4 Å². The van der Waals surface area contributed by atoms with E-state index in [2.05, 4.69) is 30.6 Å². The van der Waals surface area contributed by atoms with E-state index < -0.39 is 11.8 Å². The van der Waals surface area contributed by atoms with Crippen molar-refractivity contribution < 1.29 is 18.7 Å². The van der Waals surface area contributed by atoms with Gasteiger partial charge < -0.3 is 30.4 Å². The number of oxazole rings is 1. The first-order chi connectivity index (χ1) is 16.6. The van der Waals surface area contributed by atoms with Crippen molar-refractivity contribution in [2.24, 2.45) is 5.73 Å². The Morgan fingerprint density at radius 3 is 2.76 bits per heavy atom. The molecule has 178 valence electrons. The second-order valence-corrected chi connectivity index (χ2v) is 8.21. The molecule has 2 fully saturated rings. The number of carbonyl (C=O) groups is 2. The van der Waals surface area contributed by atoms with Crippen molar-refractivity contribution in [2.75, 3.05) is 49.6 Å². The average molecular weight is 467 g/mol. The molecule has 0 radical (unpaired) electrons. The normalized spacial score (nSPS) is 17.0. The van der Waals surface area contributed by atoms with E-state index in [9.17, 15) is 9.59 Å². The summed E-state index contributed by atoms with van der Waals surface area (Å²) in [6.45, 7) is 4.53. The molecule has 12 nitrogen and oxygen atoms in total. The van der Waals surface area contributed by atoms with Gasteiger partial charge in [0.1, 0.15) is 12.1 Å². The van der Waals surface area contributed by atoms with Crippen LogP contribution in [-0.2, 0) is 4.74 Å². The number of piperidine rings is 1. The van der Waals surface area contributed by atoms with Gasteiger partial charge in [-0.25, -0.2) is 9.97 Å². The fraction of sp³-hybridized carbons (Fsp3) is 0.409. The van der Waals surface area contributed by atoms with Gasteiger partial charge in [-0.2, -0.15) is 5.10 Å². The molecule has 0 atom stereocenters. The predicted molar refractivity (Wildman–Crippen MR) is 123 cm³/mol. The Morgan fingerprint density at radius 2 is 2.00 bits per heavy atom. The third-order valence-electron chi connectivity index (χ3n) is 5.96. The highest BCUT2D eigenvalue weighted by Crippen LogP contribution is 2.25. The van der Waals surface area contributed by atoms with E-state index in [0.717, 1.165) is 44.8 Å². The zero-order chi connectivity index (χ0) is 23.5. The number of rotatable bonds is 6. The number of nitrogens with two attached hydrogens (primary N) is 1. The van der Waals surface area contributed by atoms with Crippen molar-refractivity contribution in [1.82, 2.24) is 25.1 Å². The van der Waals surface area contributed by atoms with E-state index >= 15 is 0 Å². The predicted octanol–water partition coefficient (Wildman–Crippen LogP) is 1.05. The maximum absolute atomic E-state index is 12.9. The quantitative estimate of drug-likeness (QED) is 0.483. The van der Waals surface area contributed by atoms with Gasteiger partial charge in [-0.3, -0.25) is 14.3 Å². The molecule has 0 aromatic carbocycles. The molecule has 2 aliphatic rings. The number of nitrogens with one attached hydrogen (secondary N) is 2. The number of morpholine rings is 1. The summed E-state index contributed by atoms with van der Waals surface area (Å²) in [7, 11) is 0. The van der Waals surface area contributed by atoms with E-state index in [0.29, 0.717) is 24.7 Å². The molecule has 4 N–H and O–H groups in total. The molecular formula is C22H26N8O4. The Hall–Kier alpha value is -3.77. The summed E-state index contributed by atoms with van der Waals surface area (Å²) in [6, 6.07) is 3.77. The van der Waals surface area contributed by atoms with Crippen LogP contribution in [0, 0.1) is 0 Å². The van der Waals surface area contributed by atoms with Crippen LogP contribution in [0.2, 0.25) is 0 Å². The minimum Gasteiger partial charge on any atom is -0.444 e. The maximum atomic E-state index is 12.9. The Bertz CT molecular complexity index is 1180. The molecule has 2 amide bonds. The lowest BCUT2D eigenvalue weighted by molar-refractivity contribution is 0.0995. The topological polar surface area (TPSA) is 153 Å². The summed E-state index contributed by atoms with van der Waals surface area (Å²) in [5.41, 5.74) is 6.54. The van der Waals surface area contributed by atoms with Gasteiger partial charge in [0, 0.05) is 31.0 Å². The van der Waals surface area contributed by atoms with Gasteiger partial charge in [-0.15, -0.1) is 0 Å². The third-order valence-corrected chi connectivity index (χ3v) is 5.96. The second-order valence-electron chi connectivity index (χ2n) is 8.21.